The third-order valence-corrected chi connectivity index (χ3v) is 5.65. The molecule has 2 N–H and O–H groups in total. The van der Waals surface area contributed by atoms with Crippen LogP contribution in [0.1, 0.15) is 54.9 Å². The van der Waals surface area contributed by atoms with Crippen LogP contribution in [0.15, 0.2) is 18.2 Å². The average molecular weight is 375 g/mol. The van der Waals surface area contributed by atoms with E-state index >= 15 is 0 Å². The smallest absolute Gasteiger partial charge is 0.272 e. The Bertz CT molecular complexity index is 917. The Kier molecular flexibility index (Phi) is 4.10. The fourth-order valence-corrected chi connectivity index (χ4v) is 3.90. The van der Waals surface area contributed by atoms with Crippen molar-refractivity contribution in [2.45, 2.75) is 45.6 Å². The molecule has 2 aliphatic carbocycles. The zero-order valence-corrected chi connectivity index (χ0v) is 15.6. The lowest BCUT2D eigenvalue weighted by Crippen LogP contribution is -2.46. The highest BCUT2D eigenvalue weighted by Gasteiger charge is 2.50. The summed E-state index contributed by atoms with van der Waals surface area (Å²) in [6.07, 6.45) is 1.74. The Balaban J connectivity index is 1.73. The van der Waals surface area contributed by atoms with Crippen LogP contribution >= 0.6 is 0 Å². The Labute approximate surface area is 156 Å². The van der Waals surface area contributed by atoms with Crippen LogP contribution in [0, 0.1) is 23.0 Å². The number of aliphatic hydroxyl groups is 1. The first-order valence-electron chi connectivity index (χ1n) is 9.19. The lowest BCUT2D eigenvalue weighted by atomic mass is 9.87. The number of hydrogen-bond acceptors (Lipinski definition) is 3. The molecular weight excluding hydrogens is 352 g/mol. The number of carbonyl (C=O) groups excluding carboxylic acids is 1. The van der Waals surface area contributed by atoms with E-state index < -0.39 is 17.7 Å². The molecule has 1 aromatic heterocycles. The number of aromatic nitrogens is 2. The minimum absolute atomic E-state index is 0.147. The molecule has 4 rings (SSSR count). The van der Waals surface area contributed by atoms with Gasteiger partial charge in [-0.2, -0.15) is 5.10 Å². The summed E-state index contributed by atoms with van der Waals surface area (Å²) in [6.45, 7) is 5.61. The van der Waals surface area contributed by atoms with E-state index in [2.05, 4.69) is 10.4 Å². The molecule has 1 heterocycles. The second-order valence-electron chi connectivity index (χ2n) is 8.60. The van der Waals surface area contributed by atoms with Gasteiger partial charge in [0.15, 0.2) is 11.5 Å². The topological polar surface area (TPSA) is 67.2 Å². The Morgan fingerprint density at radius 3 is 2.78 bits per heavy atom. The highest BCUT2D eigenvalue weighted by Crippen LogP contribution is 2.57. The molecule has 1 amide bonds. The largest absolute Gasteiger partial charge is 0.394 e. The van der Waals surface area contributed by atoms with Crippen LogP contribution in [0.3, 0.4) is 0 Å². The second kappa shape index (κ2) is 6.12. The number of nitrogens with one attached hydrogen (secondary N) is 1. The molecular formula is C20H23F2N3O2. The van der Waals surface area contributed by atoms with Crippen molar-refractivity contribution in [2.24, 2.45) is 11.3 Å². The molecule has 0 unspecified atom stereocenters. The van der Waals surface area contributed by atoms with Crippen molar-refractivity contribution in [1.82, 2.24) is 15.1 Å². The molecule has 0 saturated heterocycles. The number of benzene rings is 1. The maximum atomic E-state index is 14.3. The summed E-state index contributed by atoms with van der Waals surface area (Å²) < 4.78 is 29.1. The SMILES string of the molecule is CC(C)(C)[C@H](CO)NC(=O)c1nn(-c2ccc(F)cc2F)c2c1C[C@@H]1C[C@H]21. The minimum Gasteiger partial charge on any atom is -0.394 e. The molecule has 0 radical (unpaired) electrons. The normalized spacial score (nSPS) is 21.6. The van der Waals surface area contributed by atoms with Gasteiger partial charge in [-0.3, -0.25) is 4.79 Å². The van der Waals surface area contributed by atoms with Crippen LogP contribution < -0.4 is 5.32 Å². The molecule has 1 saturated carbocycles. The molecule has 2 aromatic rings. The number of carbonyl (C=O) groups is 1. The van der Waals surface area contributed by atoms with E-state index in [-0.39, 0.29) is 35.2 Å². The summed E-state index contributed by atoms with van der Waals surface area (Å²) in [5.74, 6) is -0.995. The van der Waals surface area contributed by atoms with E-state index in [1.165, 1.54) is 16.8 Å². The maximum absolute atomic E-state index is 14.3. The van der Waals surface area contributed by atoms with Gasteiger partial charge in [-0.15, -0.1) is 0 Å². The molecule has 0 bridgehead atoms. The summed E-state index contributed by atoms with van der Waals surface area (Å²) in [5, 5.41) is 16.9. The Morgan fingerprint density at radius 2 is 2.15 bits per heavy atom. The van der Waals surface area contributed by atoms with Crippen LogP contribution in [0.4, 0.5) is 8.78 Å². The Hall–Kier alpha value is -2.28. The minimum atomic E-state index is -0.709. The number of rotatable bonds is 4. The fourth-order valence-electron chi connectivity index (χ4n) is 3.90. The third kappa shape index (κ3) is 3.04. The van der Waals surface area contributed by atoms with Crippen LogP contribution in [0.2, 0.25) is 0 Å². The van der Waals surface area contributed by atoms with Gasteiger partial charge in [0, 0.05) is 17.5 Å². The van der Waals surface area contributed by atoms with Crippen molar-refractivity contribution >= 4 is 5.91 Å². The van der Waals surface area contributed by atoms with E-state index in [1.54, 1.807) is 0 Å². The lowest BCUT2D eigenvalue weighted by Gasteiger charge is -2.29. The summed E-state index contributed by atoms with van der Waals surface area (Å²) in [5.41, 5.74) is 1.79. The fraction of sp³-hybridized carbons (Fsp3) is 0.500. The summed E-state index contributed by atoms with van der Waals surface area (Å²) >= 11 is 0. The summed E-state index contributed by atoms with van der Waals surface area (Å²) in [7, 11) is 0. The molecule has 144 valence electrons. The monoisotopic (exact) mass is 375 g/mol. The van der Waals surface area contributed by atoms with Crippen LogP contribution in [-0.4, -0.2) is 33.4 Å². The average Bonchev–Trinajstić information content (AvgIpc) is 3.08. The standard InChI is InChI=1S/C20H23F2N3O2/c1-20(2,3)16(9-26)23-19(27)17-13-7-10-6-12(10)18(13)25(24-17)15-5-4-11(21)8-14(15)22/h4-5,8,10,12,16,26H,6-7,9H2,1-3H3,(H,23,27)/t10-,12-,16-/m0/s1. The lowest BCUT2D eigenvalue weighted by molar-refractivity contribution is 0.0841. The van der Waals surface area contributed by atoms with E-state index in [1.807, 2.05) is 20.8 Å². The highest BCUT2D eigenvalue weighted by atomic mass is 19.1. The van der Waals surface area contributed by atoms with E-state index in [0.717, 1.165) is 30.2 Å². The molecule has 2 aliphatic rings. The third-order valence-electron chi connectivity index (χ3n) is 5.65. The van der Waals surface area contributed by atoms with Gasteiger partial charge in [0.05, 0.1) is 18.3 Å². The van der Waals surface area contributed by atoms with E-state index in [9.17, 15) is 18.7 Å². The number of halogens is 2. The van der Waals surface area contributed by atoms with Crippen molar-refractivity contribution in [3.05, 3.63) is 46.8 Å². The summed E-state index contributed by atoms with van der Waals surface area (Å²) in [6, 6.07) is 2.93. The quantitative estimate of drug-likeness (QED) is 0.863. The van der Waals surface area contributed by atoms with Crippen LogP contribution in [0.5, 0.6) is 0 Å². The van der Waals surface area contributed by atoms with Crippen molar-refractivity contribution in [1.29, 1.82) is 0 Å². The number of aliphatic hydroxyl groups excluding tert-OH is 1. The van der Waals surface area contributed by atoms with Gasteiger partial charge in [-0.05, 0) is 36.3 Å². The van der Waals surface area contributed by atoms with Gasteiger partial charge in [0.1, 0.15) is 11.5 Å². The van der Waals surface area contributed by atoms with Crippen molar-refractivity contribution < 1.29 is 18.7 Å². The van der Waals surface area contributed by atoms with Gasteiger partial charge in [0.25, 0.3) is 5.91 Å². The number of fused-ring (bicyclic) bond motifs is 3. The van der Waals surface area contributed by atoms with Gasteiger partial charge in [0.2, 0.25) is 0 Å². The second-order valence-corrected chi connectivity index (χ2v) is 8.60. The number of hydrogen-bond donors (Lipinski definition) is 2. The van der Waals surface area contributed by atoms with Gasteiger partial charge in [-0.1, -0.05) is 20.8 Å². The molecule has 5 nitrogen and oxygen atoms in total. The van der Waals surface area contributed by atoms with Crippen molar-refractivity contribution in [3.63, 3.8) is 0 Å². The predicted molar refractivity (Wildman–Crippen MR) is 95.8 cm³/mol. The molecule has 27 heavy (non-hydrogen) atoms. The zero-order chi connectivity index (χ0) is 19.5. The number of nitrogens with zero attached hydrogens (tertiary/aromatic N) is 2. The van der Waals surface area contributed by atoms with Gasteiger partial charge in [-0.25, -0.2) is 13.5 Å². The molecule has 7 heteroatoms. The molecule has 0 aliphatic heterocycles. The Morgan fingerprint density at radius 1 is 1.41 bits per heavy atom. The maximum Gasteiger partial charge on any atom is 0.272 e. The molecule has 3 atom stereocenters. The van der Waals surface area contributed by atoms with Crippen molar-refractivity contribution in [2.75, 3.05) is 6.61 Å². The molecule has 0 spiro atoms. The van der Waals surface area contributed by atoms with Gasteiger partial charge < -0.3 is 10.4 Å². The number of amides is 1. The first-order chi connectivity index (χ1) is 12.7. The highest BCUT2D eigenvalue weighted by molar-refractivity contribution is 5.94. The van der Waals surface area contributed by atoms with Gasteiger partial charge >= 0.3 is 0 Å². The van der Waals surface area contributed by atoms with E-state index in [4.69, 9.17) is 0 Å². The van der Waals surface area contributed by atoms with Crippen LogP contribution in [0.25, 0.3) is 5.69 Å². The van der Waals surface area contributed by atoms with Crippen LogP contribution in [-0.2, 0) is 6.42 Å². The summed E-state index contributed by atoms with van der Waals surface area (Å²) in [4.78, 5) is 12.9. The zero-order valence-electron chi connectivity index (χ0n) is 15.6. The first-order valence-corrected chi connectivity index (χ1v) is 9.19. The molecule has 1 fully saturated rings. The van der Waals surface area contributed by atoms with E-state index in [0.29, 0.717) is 5.92 Å². The molecule has 1 aromatic carbocycles. The first kappa shape index (κ1) is 18.1. The predicted octanol–water partition coefficient (Wildman–Crippen LogP) is 2.95. The van der Waals surface area contributed by atoms with Crippen molar-refractivity contribution in [3.8, 4) is 5.69 Å².